The second kappa shape index (κ2) is 5.79. The van der Waals surface area contributed by atoms with Gasteiger partial charge in [0.15, 0.2) is 11.0 Å². The molecule has 0 aliphatic heterocycles. The predicted molar refractivity (Wildman–Crippen MR) is 75.7 cm³/mol. The molecule has 110 valence electrons. The van der Waals surface area contributed by atoms with Crippen molar-refractivity contribution >= 4 is 17.6 Å². The molecule has 21 heavy (non-hydrogen) atoms. The molecule has 0 unspecified atom stereocenters. The van der Waals surface area contributed by atoms with Gasteiger partial charge in [0.25, 0.3) is 0 Å². The Morgan fingerprint density at radius 3 is 2.81 bits per heavy atom. The van der Waals surface area contributed by atoms with Crippen molar-refractivity contribution in [3.05, 3.63) is 44.1 Å². The van der Waals surface area contributed by atoms with E-state index in [2.05, 4.69) is 20.2 Å². The Morgan fingerprint density at radius 2 is 2.14 bits per heavy atom. The van der Waals surface area contributed by atoms with E-state index in [1.54, 1.807) is 19.1 Å². The van der Waals surface area contributed by atoms with Gasteiger partial charge in [0.1, 0.15) is 5.03 Å². The van der Waals surface area contributed by atoms with E-state index in [4.69, 9.17) is 10.9 Å². The van der Waals surface area contributed by atoms with Crippen molar-refractivity contribution in [2.45, 2.75) is 17.1 Å². The molecular weight excluding hydrogens is 296 g/mol. The van der Waals surface area contributed by atoms with Crippen molar-refractivity contribution in [3.8, 4) is 0 Å². The number of nitrogens with one attached hydrogen (secondary N) is 1. The van der Waals surface area contributed by atoms with Gasteiger partial charge in [-0.15, -0.1) is 0 Å². The largest absolute Gasteiger partial charge is 0.409 e. The number of hydrogen-bond acceptors (Lipinski definition) is 7. The van der Waals surface area contributed by atoms with E-state index in [1.165, 1.54) is 11.7 Å². The van der Waals surface area contributed by atoms with Gasteiger partial charge in [-0.05, 0) is 30.8 Å². The molecular formula is C11H12N6O3S. The SMILES string of the molecule is Cc1ccc(/C(N)=N/O)c(Sc2nc(=O)c(=O)[nH]n2C)n1. The molecule has 0 bridgehead atoms. The lowest BCUT2D eigenvalue weighted by Gasteiger charge is -2.09. The second-order valence-corrected chi connectivity index (χ2v) is 5.05. The fourth-order valence-corrected chi connectivity index (χ4v) is 2.45. The first-order valence-electron chi connectivity index (χ1n) is 5.73. The third kappa shape index (κ3) is 3.11. The van der Waals surface area contributed by atoms with Gasteiger partial charge in [-0.3, -0.25) is 19.4 Å². The Morgan fingerprint density at radius 1 is 1.43 bits per heavy atom. The minimum Gasteiger partial charge on any atom is -0.409 e. The molecule has 2 aromatic heterocycles. The maximum atomic E-state index is 11.3. The molecule has 4 N–H and O–H groups in total. The van der Waals surface area contributed by atoms with Crippen molar-refractivity contribution < 1.29 is 5.21 Å². The fourth-order valence-electron chi connectivity index (χ4n) is 1.50. The summed E-state index contributed by atoms with van der Waals surface area (Å²) in [5.41, 5.74) is 4.99. The number of rotatable bonds is 3. The molecule has 0 aliphatic rings. The van der Waals surface area contributed by atoms with Crippen LogP contribution in [0, 0.1) is 6.92 Å². The van der Waals surface area contributed by atoms with E-state index in [1.807, 2.05) is 0 Å². The quantitative estimate of drug-likeness (QED) is 0.226. The number of nitrogens with zero attached hydrogens (tertiary/aromatic N) is 4. The van der Waals surface area contributed by atoms with Gasteiger partial charge in [-0.25, -0.2) is 4.98 Å². The van der Waals surface area contributed by atoms with Crippen molar-refractivity contribution in [2.75, 3.05) is 0 Å². The van der Waals surface area contributed by atoms with Gasteiger partial charge in [-0.2, -0.15) is 4.98 Å². The molecule has 0 aromatic carbocycles. The van der Waals surface area contributed by atoms with E-state index in [-0.39, 0.29) is 11.0 Å². The number of aryl methyl sites for hydroxylation is 2. The van der Waals surface area contributed by atoms with Crippen LogP contribution in [0.3, 0.4) is 0 Å². The second-order valence-electron chi connectivity index (χ2n) is 4.09. The number of oxime groups is 1. The molecule has 0 aliphatic carbocycles. The van der Waals surface area contributed by atoms with E-state index in [0.29, 0.717) is 16.3 Å². The zero-order chi connectivity index (χ0) is 15.6. The Bertz CT molecular complexity index is 825. The molecule has 0 saturated carbocycles. The highest BCUT2D eigenvalue weighted by Crippen LogP contribution is 2.26. The number of nitrogens with two attached hydrogens (primary N) is 1. The van der Waals surface area contributed by atoms with Crippen LogP contribution in [0.2, 0.25) is 0 Å². The van der Waals surface area contributed by atoms with Crippen LogP contribution in [0.15, 0.2) is 37.1 Å². The zero-order valence-corrected chi connectivity index (χ0v) is 12.0. The summed E-state index contributed by atoms with van der Waals surface area (Å²) >= 11 is 1.02. The van der Waals surface area contributed by atoms with Crippen LogP contribution in [0.25, 0.3) is 0 Å². The van der Waals surface area contributed by atoms with Gasteiger partial charge in [0, 0.05) is 12.7 Å². The third-order valence-corrected chi connectivity index (χ3v) is 3.57. The van der Waals surface area contributed by atoms with Crippen LogP contribution in [-0.2, 0) is 7.05 Å². The average molecular weight is 308 g/mol. The Labute approximate surface area is 122 Å². The number of aromatic amines is 1. The molecule has 2 rings (SSSR count). The molecule has 9 nitrogen and oxygen atoms in total. The predicted octanol–water partition coefficient (Wildman–Crippen LogP) is -0.582. The first-order valence-corrected chi connectivity index (χ1v) is 6.54. The van der Waals surface area contributed by atoms with Crippen molar-refractivity contribution in [2.24, 2.45) is 17.9 Å². The molecule has 0 amide bonds. The van der Waals surface area contributed by atoms with Crippen LogP contribution >= 0.6 is 11.8 Å². The molecule has 2 aromatic rings. The monoisotopic (exact) mass is 308 g/mol. The van der Waals surface area contributed by atoms with Crippen LogP contribution in [0.1, 0.15) is 11.3 Å². The summed E-state index contributed by atoms with van der Waals surface area (Å²) < 4.78 is 1.30. The molecule has 0 spiro atoms. The molecule has 0 atom stereocenters. The van der Waals surface area contributed by atoms with Gasteiger partial charge in [-0.1, -0.05) is 5.16 Å². The van der Waals surface area contributed by atoms with Crippen LogP contribution in [0.5, 0.6) is 0 Å². The van der Waals surface area contributed by atoms with Crippen molar-refractivity contribution in [3.63, 3.8) is 0 Å². The third-order valence-electron chi connectivity index (χ3n) is 2.52. The lowest BCUT2D eigenvalue weighted by molar-refractivity contribution is 0.318. The number of pyridine rings is 1. The molecule has 10 heteroatoms. The summed E-state index contributed by atoms with van der Waals surface area (Å²) in [6.45, 7) is 1.78. The Hall–Kier alpha value is -2.62. The summed E-state index contributed by atoms with van der Waals surface area (Å²) in [6, 6.07) is 3.35. The molecule has 0 fully saturated rings. The maximum absolute atomic E-state index is 11.3. The summed E-state index contributed by atoms with van der Waals surface area (Å²) in [6.07, 6.45) is 0. The van der Waals surface area contributed by atoms with Crippen LogP contribution in [0.4, 0.5) is 0 Å². The first kappa shape index (κ1) is 14.8. The summed E-state index contributed by atoms with van der Waals surface area (Å²) in [5.74, 6) is -0.112. The van der Waals surface area contributed by atoms with E-state index < -0.39 is 11.1 Å². The first-order chi connectivity index (χ1) is 9.92. The standard InChI is InChI=1S/C11H12N6O3S/c1-5-3-4-6(7(12)16-20)10(13-5)21-11-14-8(18)9(19)15-17(11)2/h3-4,20H,1-2H3,(H2,12,16)(H,15,19). The minimum absolute atomic E-state index is 0.112. The molecule has 0 radical (unpaired) electrons. The van der Waals surface area contributed by atoms with Crippen molar-refractivity contribution in [1.82, 2.24) is 19.7 Å². The highest BCUT2D eigenvalue weighted by molar-refractivity contribution is 7.99. The maximum Gasteiger partial charge on any atom is 0.339 e. The van der Waals surface area contributed by atoms with Gasteiger partial charge in [0.05, 0.1) is 5.56 Å². The van der Waals surface area contributed by atoms with E-state index in [9.17, 15) is 9.59 Å². The fraction of sp³-hybridized carbons (Fsp3) is 0.182. The minimum atomic E-state index is -0.895. The molecule has 0 saturated heterocycles. The average Bonchev–Trinajstić information content (AvgIpc) is 2.44. The number of amidine groups is 1. The van der Waals surface area contributed by atoms with E-state index >= 15 is 0 Å². The van der Waals surface area contributed by atoms with E-state index in [0.717, 1.165) is 11.8 Å². The Balaban J connectivity index is 2.54. The lowest BCUT2D eigenvalue weighted by atomic mass is 10.2. The summed E-state index contributed by atoms with van der Waals surface area (Å²) in [4.78, 5) is 30.4. The zero-order valence-electron chi connectivity index (χ0n) is 11.2. The van der Waals surface area contributed by atoms with Gasteiger partial charge >= 0.3 is 11.1 Å². The molecule has 2 heterocycles. The van der Waals surface area contributed by atoms with Crippen LogP contribution in [-0.4, -0.2) is 30.8 Å². The number of hydrogen-bond donors (Lipinski definition) is 3. The number of aromatic nitrogens is 4. The van der Waals surface area contributed by atoms with Crippen LogP contribution < -0.4 is 16.9 Å². The van der Waals surface area contributed by atoms with Crippen molar-refractivity contribution in [1.29, 1.82) is 0 Å². The van der Waals surface area contributed by atoms with Gasteiger partial charge in [0.2, 0.25) is 0 Å². The smallest absolute Gasteiger partial charge is 0.339 e. The summed E-state index contributed by atoms with van der Waals surface area (Å²) in [5, 5.41) is 14.7. The topological polar surface area (TPSA) is 139 Å². The highest BCUT2D eigenvalue weighted by Gasteiger charge is 2.14. The Kier molecular flexibility index (Phi) is 4.08. The normalized spacial score (nSPS) is 11.6. The highest BCUT2D eigenvalue weighted by atomic mass is 32.2. The lowest BCUT2D eigenvalue weighted by Crippen LogP contribution is -2.33. The van der Waals surface area contributed by atoms with Gasteiger partial charge < -0.3 is 10.9 Å². The number of H-pyrrole nitrogens is 1. The summed E-state index contributed by atoms with van der Waals surface area (Å²) in [7, 11) is 1.54.